The Morgan fingerprint density at radius 1 is 1.06 bits per heavy atom. The van der Waals surface area contributed by atoms with Gasteiger partial charge in [0.15, 0.2) is 11.5 Å². The Morgan fingerprint density at radius 3 is 2.56 bits per heavy atom. The highest BCUT2D eigenvalue weighted by Crippen LogP contribution is 2.37. The molecule has 0 aliphatic rings. The summed E-state index contributed by atoms with van der Waals surface area (Å²) in [6, 6.07) is 18.4. The van der Waals surface area contributed by atoms with Crippen molar-refractivity contribution >= 4 is 57.3 Å². The van der Waals surface area contributed by atoms with Crippen LogP contribution in [0, 0.1) is 0 Å². The van der Waals surface area contributed by atoms with E-state index >= 15 is 0 Å². The van der Waals surface area contributed by atoms with Crippen LogP contribution in [-0.4, -0.2) is 19.2 Å². The largest absolute Gasteiger partial charge is 0.493 e. The Balaban J connectivity index is 1.64. The molecule has 0 fully saturated rings. The summed E-state index contributed by atoms with van der Waals surface area (Å²) in [5.41, 5.74) is 4.97. The number of nitrogens with zero attached hydrogens (tertiary/aromatic N) is 1. The molecule has 3 rings (SSSR count). The Bertz CT molecular complexity index is 1150. The van der Waals surface area contributed by atoms with Crippen LogP contribution in [0.2, 0.25) is 10.0 Å². The van der Waals surface area contributed by atoms with Crippen LogP contribution in [0.4, 0.5) is 0 Å². The molecule has 0 aromatic heterocycles. The third-order valence-corrected chi connectivity index (χ3v) is 5.56. The van der Waals surface area contributed by atoms with E-state index in [1.807, 2.05) is 42.5 Å². The van der Waals surface area contributed by atoms with Gasteiger partial charge in [0.25, 0.3) is 5.91 Å². The maximum Gasteiger partial charge on any atom is 0.264 e. The first kappa shape index (κ1) is 23.9. The molecule has 5 nitrogen and oxygen atoms in total. The molecular weight excluding hydrogens is 515 g/mol. The number of hydrazone groups is 1. The van der Waals surface area contributed by atoms with Crippen LogP contribution < -0.4 is 14.9 Å². The van der Waals surface area contributed by atoms with Gasteiger partial charge in [-0.15, -0.1) is 0 Å². The molecule has 0 aliphatic heterocycles. The van der Waals surface area contributed by atoms with Crippen molar-refractivity contribution in [2.45, 2.75) is 6.61 Å². The molecule has 3 aromatic carbocycles. The zero-order valence-electron chi connectivity index (χ0n) is 17.0. The van der Waals surface area contributed by atoms with Gasteiger partial charge in [0, 0.05) is 6.08 Å². The lowest BCUT2D eigenvalue weighted by Gasteiger charge is -2.14. The van der Waals surface area contributed by atoms with Crippen LogP contribution in [-0.2, 0) is 11.4 Å². The van der Waals surface area contributed by atoms with Gasteiger partial charge < -0.3 is 9.47 Å². The van der Waals surface area contributed by atoms with Crippen LogP contribution in [0.5, 0.6) is 11.5 Å². The van der Waals surface area contributed by atoms with Crippen LogP contribution in [0.25, 0.3) is 6.08 Å². The van der Waals surface area contributed by atoms with Crippen LogP contribution >= 0.6 is 39.1 Å². The predicted molar refractivity (Wildman–Crippen MR) is 133 cm³/mol. The highest BCUT2D eigenvalue weighted by atomic mass is 79.9. The fraction of sp³-hybridized carbons (Fsp3) is 0.0833. The van der Waals surface area contributed by atoms with E-state index < -0.39 is 0 Å². The first-order valence-electron chi connectivity index (χ1n) is 9.46. The number of rotatable bonds is 8. The second-order valence-corrected chi connectivity index (χ2v) is 8.22. The lowest BCUT2D eigenvalue weighted by Crippen LogP contribution is -2.14. The molecule has 0 heterocycles. The molecule has 0 atom stereocenters. The summed E-state index contributed by atoms with van der Waals surface area (Å²) in [4.78, 5) is 11.9. The van der Waals surface area contributed by atoms with Crippen molar-refractivity contribution < 1.29 is 14.3 Å². The van der Waals surface area contributed by atoms with Gasteiger partial charge >= 0.3 is 0 Å². The van der Waals surface area contributed by atoms with Crippen molar-refractivity contribution in [2.75, 3.05) is 7.11 Å². The molecular formula is C24H19BrCl2N2O3. The number of carbonyl (C=O) groups excluding carboxylic acids is 1. The van der Waals surface area contributed by atoms with E-state index in [9.17, 15) is 4.79 Å². The highest BCUT2D eigenvalue weighted by Gasteiger charge is 2.12. The maximum atomic E-state index is 11.9. The van der Waals surface area contributed by atoms with Gasteiger partial charge in [-0.2, -0.15) is 5.10 Å². The molecule has 1 N–H and O–H groups in total. The molecule has 1 amide bonds. The maximum absolute atomic E-state index is 11.9. The number of ether oxygens (including phenoxy) is 2. The summed E-state index contributed by atoms with van der Waals surface area (Å²) in [5.74, 6) is 0.708. The van der Waals surface area contributed by atoms with Crippen molar-refractivity contribution in [1.29, 1.82) is 0 Å². The summed E-state index contributed by atoms with van der Waals surface area (Å²) in [6.07, 6.45) is 4.65. The number of nitrogens with one attached hydrogen (secondary N) is 1. The van der Waals surface area contributed by atoms with Gasteiger partial charge in [-0.1, -0.05) is 59.6 Å². The monoisotopic (exact) mass is 532 g/mol. The molecule has 3 aromatic rings. The average molecular weight is 534 g/mol. The molecule has 32 heavy (non-hydrogen) atoms. The summed E-state index contributed by atoms with van der Waals surface area (Å²) in [6.45, 7) is 0.281. The number of hydrogen-bond donors (Lipinski definition) is 1. The average Bonchev–Trinajstić information content (AvgIpc) is 2.79. The number of methoxy groups -OCH3 is 1. The van der Waals surface area contributed by atoms with E-state index in [1.54, 1.807) is 31.4 Å². The molecule has 0 aliphatic carbocycles. The Kier molecular flexibility index (Phi) is 8.73. The molecule has 8 heteroatoms. The molecule has 164 valence electrons. The first-order chi connectivity index (χ1) is 15.5. The number of carbonyl (C=O) groups is 1. The van der Waals surface area contributed by atoms with Crippen LogP contribution in [0.1, 0.15) is 16.7 Å². The van der Waals surface area contributed by atoms with E-state index in [1.165, 1.54) is 12.3 Å². The summed E-state index contributed by atoms with van der Waals surface area (Å²) < 4.78 is 12.0. The fourth-order valence-electron chi connectivity index (χ4n) is 2.68. The van der Waals surface area contributed by atoms with E-state index in [4.69, 9.17) is 32.7 Å². The molecule has 0 unspecified atom stereocenters. The van der Waals surface area contributed by atoms with Crippen molar-refractivity contribution in [3.63, 3.8) is 0 Å². The predicted octanol–water partition coefficient (Wildman–Crippen LogP) is 6.51. The minimum atomic E-state index is -0.335. The topological polar surface area (TPSA) is 59.9 Å². The van der Waals surface area contributed by atoms with Gasteiger partial charge in [0.1, 0.15) is 6.61 Å². The number of benzene rings is 3. The Labute approximate surface area is 204 Å². The number of halogens is 3. The van der Waals surface area contributed by atoms with Gasteiger partial charge in [-0.3, -0.25) is 4.79 Å². The van der Waals surface area contributed by atoms with E-state index in [2.05, 4.69) is 26.5 Å². The standard InChI is InChI=1S/C24H19BrCl2N2O3/c1-31-22-13-18(14-28-29-23(30)10-8-16-5-3-2-4-6-16)11-19(25)24(22)32-15-17-7-9-20(26)21(27)12-17/h2-14H,15H2,1H3,(H,29,30)/b10-8+,28-14-. The van der Waals surface area contributed by atoms with Gasteiger partial charge in [-0.25, -0.2) is 5.43 Å². The Hall–Kier alpha value is -2.80. The summed E-state index contributed by atoms with van der Waals surface area (Å²) >= 11 is 15.5. The smallest absolute Gasteiger partial charge is 0.264 e. The van der Waals surface area contributed by atoms with E-state index in [0.29, 0.717) is 31.6 Å². The zero-order chi connectivity index (χ0) is 22.9. The SMILES string of the molecule is COc1cc(/C=N\NC(=O)/C=C/c2ccccc2)cc(Br)c1OCc1ccc(Cl)c(Cl)c1. The third-order valence-electron chi connectivity index (χ3n) is 4.23. The molecule has 0 radical (unpaired) electrons. The van der Waals surface area contributed by atoms with Gasteiger partial charge in [-0.05, 0) is 63.0 Å². The normalized spacial score (nSPS) is 11.1. The molecule has 0 bridgehead atoms. The fourth-order valence-corrected chi connectivity index (χ4v) is 3.58. The number of hydrogen-bond acceptors (Lipinski definition) is 4. The molecule has 0 saturated heterocycles. The number of amides is 1. The third kappa shape index (κ3) is 6.85. The Morgan fingerprint density at radius 2 is 1.84 bits per heavy atom. The minimum Gasteiger partial charge on any atom is -0.493 e. The van der Waals surface area contributed by atoms with E-state index in [-0.39, 0.29) is 12.5 Å². The summed E-state index contributed by atoms with van der Waals surface area (Å²) in [7, 11) is 1.55. The quantitative estimate of drug-likeness (QED) is 0.204. The van der Waals surface area contributed by atoms with Crippen molar-refractivity contribution in [3.05, 3.63) is 97.9 Å². The molecule has 0 saturated carbocycles. The lowest BCUT2D eigenvalue weighted by atomic mass is 10.2. The first-order valence-corrected chi connectivity index (χ1v) is 11.0. The molecule has 0 spiro atoms. The van der Waals surface area contributed by atoms with Crippen molar-refractivity contribution in [3.8, 4) is 11.5 Å². The van der Waals surface area contributed by atoms with Crippen molar-refractivity contribution in [1.82, 2.24) is 5.43 Å². The van der Waals surface area contributed by atoms with Gasteiger partial charge in [0.05, 0.1) is 27.8 Å². The zero-order valence-corrected chi connectivity index (χ0v) is 20.1. The lowest BCUT2D eigenvalue weighted by molar-refractivity contribution is -0.116. The second kappa shape index (κ2) is 11.7. The van der Waals surface area contributed by atoms with Crippen molar-refractivity contribution in [2.24, 2.45) is 5.10 Å². The summed E-state index contributed by atoms with van der Waals surface area (Å²) in [5, 5.41) is 4.94. The highest BCUT2D eigenvalue weighted by molar-refractivity contribution is 9.10. The van der Waals surface area contributed by atoms with Gasteiger partial charge in [0.2, 0.25) is 0 Å². The van der Waals surface area contributed by atoms with Crippen LogP contribution in [0.15, 0.2) is 76.3 Å². The minimum absolute atomic E-state index is 0.281. The van der Waals surface area contributed by atoms with Crippen LogP contribution in [0.3, 0.4) is 0 Å². The van der Waals surface area contributed by atoms with E-state index in [0.717, 1.165) is 11.1 Å². The second-order valence-electron chi connectivity index (χ2n) is 6.55.